The molecule has 5 heteroatoms. The van der Waals surface area contributed by atoms with Crippen LogP contribution in [-0.2, 0) is 11.2 Å². The summed E-state index contributed by atoms with van der Waals surface area (Å²) < 4.78 is 0. The van der Waals surface area contributed by atoms with E-state index in [2.05, 4.69) is 0 Å². The maximum Gasteiger partial charge on any atom is 0.227 e. The van der Waals surface area contributed by atoms with E-state index in [4.69, 9.17) is 5.73 Å². The maximum absolute atomic E-state index is 12.1. The first-order chi connectivity index (χ1) is 8.56. The van der Waals surface area contributed by atoms with Crippen LogP contribution in [0.25, 0.3) is 0 Å². The predicted molar refractivity (Wildman–Crippen MR) is 68.0 cm³/mol. The summed E-state index contributed by atoms with van der Waals surface area (Å²) in [7, 11) is 0. The lowest BCUT2D eigenvalue weighted by Crippen LogP contribution is -2.42. The zero-order chi connectivity index (χ0) is 13.1. The van der Waals surface area contributed by atoms with Crippen LogP contribution < -0.4 is 5.73 Å². The molecule has 5 nitrogen and oxygen atoms in total. The molecule has 1 amide bonds. The molecular weight excluding hydrogens is 232 g/mol. The quantitative estimate of drug-likeness (QED) is 0.527. The van der Waals surface area contributed by atoms with Crippen LogP contribution in [-0.4, -0.2) is 40.2 Å². The topological polar surface area (TPSA) is 86.8 Å². The van der Waals surface area contributed by atoms with Crippen molar-refractivity contribution in [3.63, 3.8) is 0 Å². The lowest BCUT2D eigenvalue weighted by Gasteiger charge is -2.30. The van der Waals surface area contributed by atoms with Gasteiger partial charge in [0.25, 0.3) is 0 Å². The maximum atomic E-state index is 12.1. The first-order valence-electron chi connectivity index (χ1n) is 6.09. The van der Waals surface area contributed by atoms with Gasteiger partial charge in [-0.3, -0.25) is 4.79 Å². The highest BCUT2D eigenvalue weighted by Gasteiger charge is 2.22. The van der Waals surface area contributed by atoms with Gasteiger partial charge in [0, 0.05) is 18.8 Å². The Morgan fingerprint density at radius 2 is 2.28 bits per heavy atom. The van der Waals surface area contributed by atoms with E-state index in [1.54, 1.807) is 11.0 Å². The second-order valence-corrected chi connectivity index (χ2v) is 4.70. The third-order valence-electron chi connectivity index (χ3n) is 3.22. The molecule has 1 aliphatic heterocycles. The first kappa shape index (κ1) is 12.7. The van der Waals surface area contributed by atoms with Crippen molar-refractivity contribution in [3.8, 4) is 5.75 Å². The summed E-state index contributed by atoms with van der Waals surface area (Å²) in [6, 6.07) is 4.59. The molecule has 1 aromatic carbocycles. The molecule has 0 aliphatic carbocycles. The Labute approximate surface area is 106 Å². The van der Waals surface area contributed by atoms with Crippen molar-refractivity contribution >= 4 is 11.6 Å². The smallest absolute Gasteiger partial charge is 0.227 e. The Morgan fingerprint density at radius 3 is 3.00 bits per heavy atom. The van der Waals surface area contributed by atoms with Gasteiger partial charge in [0.1, 0.15) is 5.75 Å². The number of aromatic hydroxyl groups is 1. The molecule has 1 saturated heterocycles. The molecular formula is C13H18N2O3. The number of carbonyl (C=O) groups excluding carboxylic acids is 1. The molecule has 0 saturated carbocycles. The fourth-order valence-electron chi connectivity index (χ4n) is 2.20. The summed E-state index contributed by atoms with van der Waals surface area (Å²) in [4.78, 5) is 13.7. The van der Waals surface area contributed by atoms with Crippen LogP contribution in [0.3, 0.4) is 0 Å². The first-order valence-corrected chi connectivity index (χ1v) is 6.09. The number of rotatable bonds is 2. The highest BCUT2D eigenvalue weighted by atomic mass is 16.3. The van der Waals surface area contributed by atoms with Crippen molar-refractivity contribution in [2.45, 2.75) is 25.4 Å². The van der Waals surface area contributed by atoms with E-state index < -0.39 is 6.10 Å². The van der Waals surface area contributed by atoms with E-state index in [9.17, 15) is 15.0 Å². The molecule has 0 radical (unpaired) electrons. The van der Waals surface area contributed by atoms with Gasteiger partial charge in [-0.1, -0.05) is 0 Å². The van der Waals surface area contributed by atoms with Crippen LogP contribution in [0, 0.1) is 0 Å². The molecule has 2 rings (SSSR count). The van der Waals surface area contributed by atoms with E-state index in [1.807, 2.05) is 0 Å². The lowest BCUT2D eigenvalue weighted by atomic mass is 10.1. The van der Waals surface area contributed by atoms with Crippen LogP contribution in [0.5, 0.6) is 5.75 Å². The molecule has 0 aromatic heterocycles. The molecule has 1 fully saturated rings. The van der Waals surface area contributed by atoms with Gasteiger partial charge in [-0.05, 0) is 36.6 Å². The minimum atomic E-state index is -0.427. The molecule has 18 heavy (non-hydrogen) atoms. The second kappa shape index (κ2) is 5.27. The molecule has 1 unspecified atom stereocenters. The number of nitrogens with two attached hydrogens (primary N) is 1. The third-order valence-corrected chi connectivity index (χ3v) is 3.22. The van der Waals surface area contributed by atoms with Crippen LogP contribution in [0.4, 0.5) is 5.69 Å². The summed E-state index contributed by atoms with van der Waals surface area (Å²) in [5.41, 5.74) is 6.89. The minimum Gasteiger partial charge on any atom is -0.508 e. The summed E-state index contributed by atoms with van der Waals surface area (Å²) in [6.45, 7) is 1.06. The van der Waals surface area contributed by atoms with Crippen LogP contribution in [0.2, 0.25) is 0 Å². The average Bonchev–Trinajstić information content (AvgIpc) is 2.34. The summed E-state index contributed by atoms with van der Waals surface area (Å²) in [5, 5.41) is 18.9. The SMILES string of the molecule is Nc1ccc(O)cc1CC(=O)N1CCCC(O)C1. The number of β-amino-alcohol motifs (C(OH)–C–C–N with tert-alkyl or cyclic N) is 1. The van der Waals surface area contributed by atoms with Crippen molar-refractivity contribution in [2.75, 3.05) is 18.8 Å². The standard InChI is InChI=1S/C13H18N2O3/c14-12-4-3-10(16)6-9(12)7-13(18)15-5-1-2-11(17)8-15/h3-4,6,11,16-17H,1-2,5,7-8,14H2. The molecule has 1 aromatic rings. The Morgan fingerprint density at radius 1 is 1.50 bits per heavy atom. The van der Waals surface area contributed by atoms with Crippen molar-refractivity contribution in [1.82, 2.24) is 4.90 Å². The van der Waals surface area contributed by atoms with E-state index in [0.717, 1.165) is 12.8 Å². The monoisotopic (exact) mass is 250 g/mol. The van der Waals surface area contributed by atoms with Crippen molar-refractivity contribution in [1.29, 1.82) is 0 Å². The van der Waals surface area contributed by atoms with Crippen LogP contribution in [0.1, 0.15) is 18.4 Å². The van der Waals surface area contributed by atoms with Gasteiger partial charge in [0.15, 0.2) is 0 Å². The summed E-state index contributed by atoms with van der Waals surface area (Å²) in [6.07, 6.45) is 1.30. The Kier molecular flexibility index (Phi) is 3.72. The number of nitrogen functional groups attached to an aromatic ring is 1. The molecule has 0 bridgehead atoms. The Bertz CT molecular complexity index is 448. The number of piperidine rings is 1. The number of anilines is 1. The van der Waals surface area contributed by atoms with Gasteiger partial charge in [-0.2, -0.15) is 0 Å². The van der Waals surface area contributed by atoms with E-state index in [-0.39, 0.29) is 18.1 Å². The molecule has 98 valence electrons. The van der Waals surface area contributed by atoms with Gasteiger partial charge in [-0.15, -0.1) is 0 Å². The summed E-state index contributed by atoms with van der Waals surface area (Å²) >= 11 is 0. The molecule has 4 N–H and O–H groups in total. The van der Waals surface area contributed by atoms with Gasteiger partial charge < -0.3 is 20.8 Å². The second-order valence-electron chi connectivity index (χ2n) is 4.70. The van der Waals surface area contributed by atoms with Crippen molar-refractivity contribution in [3.05, 3.63) is 23.8 Å². The number of hydrogen-bond donors (Lipinski definition) is 3. The number of aliphatic hydroxyl groups is 1. The molecule has 0 spiro atoms. The van der Waals surface area contributed by atoms with Gasteiger partial charge in [-0.25, -0.2) is 0 Å². The summed E-state index contributed by atoms with van der Waals surface area (Å²) in [5.74, 6) is 0.0386. The van der Waals surface area contributed by atoms with E-state index >= 15 is 0 Å². The van der Waals surface area contributed by atoms with E-state index in [0.29, 0.717) is 24.3 Å². The third kappa shape index (κ3) is 2.92. The number of phenolic OH excluding ortho intramolecular Hbond substituents is 1. The number of likely N-dealkylation sites (tertiary alicyclic amines) is 1. The Balaban J connectivity index is 2.04. The van der Waals surface area contributed by atoms with Gasteiger partial charge in [0.2, 0.25) is 5.91 Å². The predicted octanol–water partition coefficient (Wildman–Crippen LogP) is 0.500. The molecule has 1 heterocycles. The van der Waals surface area contributed by atoms with Crippen LogP contribution >= 0.6 is 0 Å². The van der Waals surface area contributed by atoms with Crippen LogP contribution in [0.15, 0.2) is 18.2 Å². The molecule has 1 aliphatic rings. The Hall–Kier alpha value is -1.75. The lowest BCUT2D eigenvalue weighted by molar-refractivity contribution is -0.133. The number of nitrogens with zero attached hydrogens (tertiary/aromatic N) is 1. The van der Waals surface area contributed by atoms with E-state index in [1.165, 1.54) is 12.1 Å². The highest BCUT2D eigenvalue weighted by Crippen LogP contribution is 2.20. The zero-order valence-corrected chi connectivity index (χ0v) is 10.2. The van der Waals surface area contributed by atoms with Gasteiger partial charge >= 0.3 is 0 Å². The normalized spacial score (nSPS) is 19.8. The van der Waals surface area contributed by atoms with Crippen molar-refractivity contribution in [2.24, 2.45) is 0 Å². The number of phenols is 1. The fraction of sp³-hybridized carbons (Fsp3) is 0.462. The largest absolute Gasteiger partial charge is 0.508 e. The number of amides is 1. The minimum absolute atomic E-state index is 0.0638. The van der Waals surface area contributed by atoms with Gasteiger partial charge in [0.05, 0.1) is 12.5 Å². The van der Waals surface area contributed by atoms with Crippen molar-refractivity contribution < 1.29 is 15.0 Å². The fourth-order valence-corrected chi connectivity index (χ4v) is 2.20. The highest BCUT2D eigenvalue weighted by molar-refractivity contribution is 5.80. The number of benzene rings is 1. The average molecular weight is 250 g/mol. The number of aliphatic hydroxyl groups excluding tert-OH is 1. The number of hydrogen-bond acceptors (Lipinski definition) is 4. The molecule has 1 atom stereocenters. The number of carbonyl (C=O) groups is 1. The zero-order valence-electron chi connectivity index (χ0n) is 10.2.